The Labute approximate surface area is 176 Å². The second-order valence-corrected chi connectivity index (χ2v) is 11.1. The van der Waals surface area contributed by atoms with Crippen molar-refractivity contribution < 1.29 is 25.3 Å². The maximum absolute atomic E-state index is 11.2. The van der Waals surface area contributed by atoms with Crippen LogP contribution in [0.1, 0.15) is 73.1 Å². The Hall–Kier alpha value is -0.690. The Balaban J connectivity index is 1.93. The van der Waals surface area contributed by atoms with E-state index < -0.39 is 5.60 Å². The summed E-state index contributed by atoms with van der Waals surface area (Å²) >= 11 is 0. The molecule has 0 spiro atoms. The van der Waals surface area contributed by atoms with Crippen molar-refractivity contribution in [2.45, 2.75) is 108 Å². The highest BCUT2D eigenvalue weighted by Gasteiger charge is 2.62. The van der Waals surface area contributed by atoms with Crippen molar-refractivity contribution >= 4 is 6.41 Å². The van der Waals surface area contributed by atoms with Crippen LogP contribution in [0.25, 0.3) is 0 Å². The molecule has 2 saturated carbocycles. The molecule has 6 N–H and O–H groups in total. The number of amides is 1. The molecule has 8 atom stereocenters. The van der Waals surface area contributed by atoms with Crippen LogP contribution in [0, 0.1) is 31.8 Å². The van der Waals surface area contributed by atoms with Crippen LogP contribution in [-0.4, -0.2) is 45.9 Å². The molecule has 168 valence electrons. The van der Waals surface area contributed by atoms with E-state index in [1.165, 1.54) is 0 Å². The monoisotopic (exact) mass is 409 g/mol. The van der Waals surface area contributed by atoms with Gasteiger partial charge in [-0.15, -0.1) is 0 Å². The van der Waals surface area contributed by atoms with Gasteiger partial charge in [0.2, 0.25) is 6.41 Å². The first-order valence-corrected chi connectivity index (χ1v) is 11.3. The standard InChI is InChI=1S/C23H43N3O3/c1-20(2,26-14-27)17-10-13-23(5,29-17)16-8-11-21(3,25-7)15-9-12-22(4,28)19(24-6)18(15)16/h14-19,28H,6-13,24-25H2,1-5H3,(H,26,27). The van der Waals surface area contributed by atoms with Gasteiger partial charge in [-0.1, -0.05) is 0 Å². The highest BCUT2D eigenvalue weighted by atomic mass is 16.5. The topological polar surface area (TPSA) is 91.8 Å². The smallest absolute Gasteiger partial charge is 0.207 e. The highest BCUT2D eigenvalue weighted by molar-refractivity contribution is 5.48. The summed E-state index contributed by atoms with van der Waals surface area (Å²) in [5.74, 6) is 1.15. The second kappa shape index (κ2) is 7.77. The van der Waals surface area contributed by atoms with Crippen LogP contribution < -0.4 is 16.0 Å². The molecule has 3 aliphatic rings. The van der Waals surface area contributed by atoms with Gasteiger partial charge in [-0.25, -0.2) is 0 Å². The molecule has 29 heavy (non-hydrogen) atoms. The van der Waals surface area contributed by atoms with Gasteiger partial charge < -0.3 is 25.8 Å². The summed E-state index contributed by atoms with van der Waals surface area (Å²) in [5, 5.41) is 18.3. The fourth-order valence-corrected chi connectivity index (χ4v) is 6.88. The zero-order valence-electron chi connectivity index (χ0n) is 19.0. The maximum atomic E-state index is 11.2. The van der Waals surface area contributed by atoms with Crippen molar-refractivity contribution in [2.24, 2.45) is 17.8 Å². The maximum Gasteiger partial charge on any atom is 0.207 e. The minimum absolute atomic E-state index is 0.00449. The molecule has 3 rings (SSSR count). The van der Waals surface area contributed by atoms with E-state index in [1.54, 1.807) is 0 Å². The first-order valence-electron chi connectivity index (χ1n) is 11.3. The fourth-order valence-electron chi connectivity index (χ4n) is 6.88. The molecule has 6 nitrogen and oxygen atoms in total. The van der Waals surface area contributed by atoms with Crippen LogP contribution in [0.3, 0.4) is 0 Å². The number of fused-ring (bicyclic) bond motifs is 1. The molecule has 2 aliphatic carbocycles. The van der Waals surface area contributed by atoms with Crippen molar-refractivity contribution in [3.8, 4) is 0 Å². The van der Waals surface area contributed by atoms with E-state index in [-0.39, 0.29) is 28.8 Å². The van der Waals surface area contributed by atoms with Gasteiger partial charge in [0.25, 0.3) is 0 Å². The summed E-state index contributed by atoms with van der Waals surface area (Å²) in [6, 6.07) is 0.0476. The molecule has 1 saturated heterocycles. The molecular weight excluding hydrogens is 366 g/mol. The highest BCUT2D eigenvalue weighted by Crippen LogP contribution is 2.55. The van der Waals surface area contributed by atoms with E-state index in [2.05, 4.69) is 38.6 Å². The predicted molar refractivity (Wildman–Crippen MR) is 112 cm³/mol. The Morgan fingerprint density at radius 2 is 1.76 bits per heavy atom. The lowest BCUT2D eigenvalue weighted by molar-refractivity contribution is -0.703. The number of nitrogens with two attached hydrogens (primary N) is 2. The van der Waals surface area contributed by atoms with Gasteiger partial charge in [-0.3, -0.25) is 4.79 Å². The summed E-state index contributed by atoms with van der Waals surface area (Å²) in [6.45, 7) is 10.6. The number of quaternary nitrogens is 2. The average molecular weight is 410 g/mol. The lowest BCUT2D eigenvalue weighted by atomic mass is 9.51. The van der Waals surface area contributed by atoms with E-state index in [4.69, 9.17) is 4.74 Å². The van der Waals surface area contributed by atoms with Crippen molar-refractivity contribution in [3.63, 3.8) is 0 Å². The SMILES string of the molecule is [CH2-][NH2+]C1C2C(CCC1(C)O)C(C)([NH2+][CH2-])CCC2C1(C)CCC(C(C)(C)NC=O)O1. The number of carbonyl (C=O) groups is 1. The molecule has 0 aromatic rings. The number of rotatable bonds is 6. The number of nitrogens with one attached hydrogen (secondary N) is 1. The molecule has 1 heterocycles. The van der Waals surface area contributed by atoms with Crippen LogP contribution >= 0.6 is 0 Å². The molecule has 0 aromatic heterocycles. The Kier molecular flexibility index (Phi) is 6.16. The molecule has 1 aliphatic heterocycles. The molecule has 3 fully saturated rings. The van der Waals surface area contributed by atoms with Crippen LogP contribution in [0.5, 0.6) is 0 Å². The minimum Gasteiger partial charge on any atom is -0.474 e. The first kappa shape index (κ1) is 23.0. The third kappa shape index (κ3) is 3.86. The van der Waals surface area contributed by atoms with E-state index in [9.17, 15) is 9.90 Å². The normalized spacial score (nSPS) is 48.2. The van der Waals surface area contributed by atoms with Crippen molar-refractivity contribution in [2.75, 3.05) is 0 Å². The van der Waals surface area contributed by atoms with Crippen molar-refractivity contribution in [1.29, 1.82) is 0 Å². The second-order valence-electron chi connectivity index (χ2n) is 11.1. The van der Waals surface area contributed by atoms with Gasteiger partial charge in [-0.05, 0) is 72.6 Å². The van der Waals surface area contributed by atoms with Gasteiger partial charge in [-0.2, -0.15) is 14.1 Å². The van der Waals surface area contributed by atoms with Crippen LogP contribution in [0.2, 0.25) is 0 Å². The third-order valence-corrected chi connectivity index (χ3v) is 8.92. The molecular formula is C23H43N3O3. The van der Waals surface area contributed by atoms with Crippen molar-refractivity contribution in [1.82, 2.24) is 5.32 Å². The van der Waals surface area contributed by atoms with Gasteiger partial charge in [0.1, 0.15) is 5.60 Å². The summed E-state index contributed by atoms with van der Waals surface area (Å²) < 4.78 is 6.75. The summed E-state index contributed by atoms with van der Waals surface area (Å²) in [4.78, 5) is 11.1. The van der Waals surface area contributed by atoms with E-state index >= 15 is 0 Å². The first-order chi connectivity index (χ1) is 13.4. The van der Waals surface area contributed by atoms with Crippen LogP contribution in [0.4, 0.5) is 0 Å². The van der Waals surface area contributed by atoms with Crippen LogP contribution in [-0.2, 0) is 9.53 Å². The quantitative estimate of drug-likeness (QED) is 0.380. The number of hydrogen-bond donors (Lipinski definition) is 4. The number of ether oxygens (including phenoxy) is 1. The molecule has 0 aromatic carbocycles. The van der Waals surface area contributed by atoms with Gasteiger partial charge in [0.05, 0.1) is 28.8 Å². The molecule has 8 unspecified atom stereocenters. The summed E-state index contributed by atoms with van der Waals surface area (Å²) in [7, 11) is 8.31. The van der Waals surface area contributed by atoms with Gasteiger partial charge in [0.15, 0.2) is 0 Å². The molecule has 0 bridgehead atoms. The summed E-state index contributed by atoms with van der Waals surface area (Å²) in [5.41, 5.74) is -1.29. The van der Waals surface area contributed by atoms with E-state index in [1.807, 2.05) is 26.1 Å². The fraction of sp³-hybridized carbons (Fsp3) is 0.870. The Morgan fingerprint density at radius 1 is 1.10 bits per heavy atom. The summed E-state index contributed by atoms with van der Waals surface area (Å²) in [6.07, 6.45) is 6.67. The zero-order valence-corrected chi connectivity index (χ0v) is 19.0. The van der Waals surface area contributed by atoms with E-state index in [0.717, 1.165) is 44.9 Å². The molecule has 6 heteroatoms. The van der Waals surface area contributed by atoms with E-state index in [0.29, 0.717) is 17.8 Å². The van der Waals surface area contributed by atoms with Crippen LogP contribution in [0.15, 0.2) is 0 Å². The third-order valence-electron chi connectivity index (χ3n) is 8.92. The molecule has 1 amide bonds. The largest absolute Gasteiger partial charge is 0.474 e. The number of hydrogen-bond acceptors (Lipinski definition) is 3. The molecule has 0 radical (unpaired) electrons. The lowest BCUT2D eigenvalue weighted by Crippen LogP contribution is -2.98. The van der Waals surface area contributed by atoms with Crippen molar-refractivity contribution in [3.05, 3.63) is 14.1 Å². The average Bonchev–Trinajstić information content (AvgIpc) is 3.05. The van der Waals surface area contributed by atoms with Gasteiger partial charge in [0, 0.05) is 18.3 Å². The zero-order chi connectivity index (χ0) is 21.7. The Bertz CT molecular complexity index is 610. The number of aliphatic hydroxyl groups is 1. The lowest BCUT2D eigenvalue weighted by Gasteiger charge is -2.59. The number of carbonyl (C=O) groups excluding carboxylic acids is 1. The van der Waals surface area contributed by atoms with Gasteiger partial charge >= 0.3 is 0 Å². The predicted octanol–water partition coefficient (Wildman–Crippen LogP) is 0.473. The minimum atomic E-state index is -0.729. The Morgan fingerprint density at radius 3 is 2.34 bits per heavy atom.